The fourth-order valence-electron chi connectivity index (χ4n) is 0.730. The van der Waals surface area contributed by atoms with E-state index in [9.17, 15) is 0 Å². The van der Waals surface area contributed by atoms with Gasteiger partial charge in [0.05, 0.1) is 0 Å². The van der Waals surface area contributed by atoms with Crippen molar-refractivity contribution in [1.29, 1.82) is 0 Å². The largest absolute Gasteiger partial charge is 0.176 e. The molecule has 0 aromatic rings. The van der Waals surface area contributed by atoms with Crippen molar-refractivity contribution >= 4 is 12.6 Å². The number of hydrogen-bond acceptors (Lipinski definition) is 1. The van der Waals surface area contributed by atoms with Crippen LogP contribution >= 0.6 is 12.6 Å². The summed E-state index contributed by atoms with van der Waals surface area (Å²) in [7, 11) is 0. The molecule has 56 valence electrons. The first kappa shape index (κ1) is 9.35. The molecule has 0 radical (unpaired) electrons. The van der Waals surface area contributed by atoms with Crippen LogP contribution in [0.1, 0.15) is 40.0 Å². The predicted octanol–water partition coefficient (Wildman–Crippen LogP) is 3.13. The van der Waals surface area contributed by atoms with Crippen molar-refractivity contribution in [2.24, 2.45) is 5.92 Å². The number of rotatable bonds is 4. The first-order valence-corrected chi connectivity index (χ1v) is 4.36. The Morgan fingerprint density at radius 3 is 2.11 bits per heavy atom. The average molecular weight is 146 g/mol. The van der Waals surface area contributed by atoms with Gasteiger partial charge in [-0.25, -0.2) is 0 Å². The molecular weight excluding hydrogens is 128 g/mol. The van der Waals surface area contributed by atoms with Crippen molar-refractivity contribution in [2.45, 2.75) is 45.3 Å². The van der Waals surface area contributed by atoms with Gasteiger partial charge in [0, 0.05) is 0 Å². The first-order valence-electron chi connectivity index (χ1n) is 3.84. The summed E-state index contributed by atoms with van der Waals surface area (Å²) < 4.78 is 0. The van der Waals surface area contributed by atoms with E-state index in [1.54, 1.807) is 0 Å². The zero-order valence-corrected chi connectivity index (χ0v) is 7.62. The van der Waals surface area contributed by atoms with Gasteiger partial charge in [-0.3, -0.25) is 0 Å². The normalized spacial score (nSPS) is 17.3. The number of hydrogen-bond donors (Lipinski definition) is 1. The van der Waals surface area contributed by atoms with Gasteiger partial charge in [0.1, 0.15) is 0 Å². The third kappa shape index (κ3) is 6.23. The fraction of sp³-hybridized carbons (Fsp3) is 1.00. The zero-order chi connectivity index (χ0) is 7.28. The number of thiol groups is 1. The maximum absolute atomic E-state index is 4.31. The van der Waals surface area contributed by atoms with Crippen LogP contribution < -0.4 is 0 Å². The van der Waals surface area contributed by atoms with E-state index in [2.05, 4.69) is 33.4 Å². The van der Waals surface area contributed by atoms with Crippen LogP contribution in [-0.4, -0.2) is 5.25 Å². The molecule has 0 bridgehead atoms. The molecular formula is C8H18S. The summed E-state index contributed by atoms with van der Waals surface area (Å²) in [5, 5.41) is 0.582. The lowest BCUT2D eigenvalue weighted by Crippen LogP contribution is -1.97. The predicted molar refractivity (Wildman–Crippen MR) is 47.1 cm³/mol. The van der Waals surface area contributed by atoms with E-state index < -0.39 is 0 Å². The minimum Gasteiger partial charge on any atom is -0.176 e. The summed E-state index contributed by atoms with van der Waals surface area (Å²) >= 11 is 4.31. The zero-order valence-electron chi connectivity index (χ0n) is 6.72. The lowest BCUT2D eigenvalue weighted by molar-refractivity contribution is 0.496. The summed E-state index contributed by atoms with van der Waals surface area (Å²) in [6, 6.07) is 0. The van der Waals surface area contributed by atoms with Crippen LogP contribution in [0.5, 0.6) is 0 Å². The Kier molecular flexibility index (Phi) is 5.36. The van der Waals surface area contributed by atoms with Gasteiger partial charge in [0.2, 0.25) is 0 Å². The summed E-state index contributed by atoms with van der Waals surface area (Å²) in [5.41, 5.74) is 0. The van der Waals surface area contributed by atoms with E-state index in [-0.39, 0.29) is 0 Å². The Balaban J connectivity index is 3.06. The van der Waals surface area contributed by atoms with Crippen LogP contribution in [0.15, 0.2) is 0 Å². The van der Waals surface area contributed by atoms with E-state index in [0.29, 0.717) is 5.25 Å². The molecule has 0 aliphatic heterocycles. The van der Waals surface area contributed by atoms with Crippen molar-refractivity contribution < 1.29 is 0 Å². The lowest BCUT2D eigenvalue weighted by Gasteiger charge is -2.08. The van der Waals surface area contributed by atoms with Crippen LogP contribution in [0.3, 0.4) is 0 Å². The standard InChI is InChI=1S/C8H18S/c1-4-7(2)5-6-8(3)9/h7-9H,4-6H2,1-3H3. The molecule has 0 nitrogen and oxygen atoms in total. The molecule has 0 heterocycles. The Hall–Kier alpha value is 0.350. The molecule has 0 saturated heterocycles. The lowest BCUT2D eigenvalue weighted by atomic mass is 10.0. The van der Waals surface area contributed by atoms with Crippen molar-refractivity contribution in [2.75, 3.05) is 0 Å². The topological polar surface area (TPSA) is 0 Å². The highest BCUT2D eigenvalue weighted by Crippen LogP contribution is 2.13. The second-order valence-corrected chi connectivity index (χ2v) is 3.82. The molecule has 1 heteroatoms. The third-order valence-electron chi connectivity index (χ3n) is 1.77. The molecule has 0 aliphatic rings. The molecule has 2 unspecified atom stereocenters. The van der Waals surface area contributed by atoms with Gasteiger partial charge in [-0.05, 0) is 24.0 Å². The summed E-state index contributed by atoms with van der Waals surface area (Å²) in [6.45, 7) is 6.70. The SMILES string of the molecule is CCC(C)CCC(C)S. The quantitative estimate of drug-likeness (QED) is 0.579. The van der Waals surface area contributed by atoms with Crippen LogP contribution in [0.2, 0.25) is 0 Å². The van der Waals surface area contributed by atoms with Gasteiger partial charge in [-0.2, -0.15) is 12.6 Å². The monoisotopic (exact) mass is 146 g/mol. The van der Waals surface area contributed by atoms with Gasteiger partial charge < -0.3 is 0 Å². The van der Waals surface area contributed by atoms with Crippen molar-refractivity contribution in [1.82, 2.24) is 0 Å². The molecule has 0 aromatic heterocycles. The summed E-state index contributed by atoms with van der Waals surface area (Å²) in [5.74, 6) is 0.889. The highest BCUT2D eigenvalue weighted by atomic mass is 32.1. The minimum atomic E-state index is 0.582. The highest BCUT2D eigenvalue weighted by Gasteiger charge is 1.99. The van der Waals surface area contributed by atoms with Crippen LogP contribution in [0.4, 0.5) is 0 Å². The minimum absolute atomic E-state index is 0.582. The molecule has 0 aromatic carbocycles. The molecule has 0 aliphatic carbocycles. The van der Waals surface area contributed by atoms with E-state index >= 15 is 0 Å². The molecule has 0 saturated carbocycles. The van der Waals surface area contributed by atoms with E-state index in [4.69, 9.17) is 0 Å². The molecule has 0 spiro atoms. The second-order valence-electron chi connectivity index (χ2n) is 2.94. The van der Waals surface area contributed by atoms with Gasteiger partial charge in [-0.1, -0.05) is 27.2 Å². The Labute approximate surface area is 64.4 Å². The van der Waals surface area contributed by atoms with Crippen LogP contribution in [0, 0.1) is 5.92 Å². The van der Waals surface area contributed by atoms with Crippen LogP contribution in [-0.2, 0) is 0 Å². The fourth-order valence-corrected chi connectivity index (χ4v) is 0.879. The van der Waals surface area contributed by atoms with Crippen molar-refractivity contribution in [3.05, 3.63) is 0 Å². The average Bonchev–Trinajstić information content (AvgIpc) is 1.83. The molecule has 9 heavy (non-hydrogen) atoms. The second kappa shape index (κ2) is 5.16. The van der Waals surface area contributed by atoms with E-state index in [1.165, 1.54) is 19.3 Å². The maximum atomic E-state index is 4.31. The Morgan fingerprint density at radius 2 is 1.78 bits per heavy atom. The van der Waals surface area contributed by atoms with Gasteiger partial charge in [0.15, 0.2) is 0 Å². The van der Waals surface area contributed by atoms with Crippen LogP contribution in [0.25, 0.3) is 0 Å². The van der Waals surface area contributed by atoms with Gasteiger partial charge in [0.25, 0.3) is 0 Å². The molecule has 2 atom stereocenters. The molecule has 0 fully saturated rings. The van der Waals surface area contributed by atoms with Crippen molar-refractivity contribution in [3.8, 4) is 0 Å². The maximum Gasteiger partial charge on any atom is -0.00115 e. The van der Waals surface area contributed by atoms with Gasteiger partial charge in [-0.15, -0.1) is 0 Å². The molecule has 0 rings (SSSR count). The smallest absolute Gasteiger partial charge is 0.00115 e. The Morgan fingerprint density at radius 1 is 1.22 bits per heavy atom. The van der Waals surface area contributed by atoms with Gasteiger partial charge >= 0.3 is 0 Å². The highest BCUT2D eigenvalue weighted by molar-refractivity contribution is 7.80. The summed E-state index contributed by atoms with van der Waals surface area (Å²) in [4.78, 5) is 0. The van der Waals surface area contributed by atoms with Crippen molar-refractivity contribution in [3.63, 3.8) is 0 Å². The Bertz CT molecular complexity index is 59.6. The van der Waals surface area contributed by atoms with E-state index in [1.807, 2.05) is 0 Å². The summed E-state index contributed by atoms with van der Waals surface area (Å²) in [6.07, 6.45) is 3.90. The van der Waals surface area contributed by atoms with E-state index in [0.717, 1.165) is 5.92 Å². The molecule has 0 N–H and O–H groups in total. The first-order chi connectivity index (χ1) is 4.16. The molecule has 0 amide bonds. The third-order valence-corrected chi connectivity index (χ3v) is 2.03.